The summed E-state index contributed by atoms with van der Waals surface area (Å²) in [6.45, 7) is 3.38. The molecule has 0 fully saturated rings. The van der Waals surface area contributed by atoms with E-state index in [9.17, 15) is 8.78 Å². The first-order chi connectivity index (χ1) is 5.69. The normalized spacial score (nSPS) is 9.08. The smallest absolute Gasteiger partial charge is 0.176 e. The fourth-order valence-electron chi connectivity index (χ4n) is 0.809. The summed E-state index contributed by atoms with van der Waals surface area (Å²) in [5, 5.41) is 8.37. The fourth-order valence-corrected chi connectivity index (χ4v) is 0.809. The van der Waals surface area contributed by atoms with Crippen molar-refractivity contribution in [2.24, 2.45) is 0 Å². The van der Waals surface area contributed by atoms with Gasteiger partial charge in [0.1, 0.15) is 6.07 Å². The molecule has 1 nitrogen and oxygen atoms in total. The molecule has 0 aliphatic carbocycles. The van der Waals surface area contributed by atoms with Gasteiger partial charge in [-0.1, -0.05) is 12.7 Å². The quantitative estimate of drug-likeness (QED) is 0.627. The lowest BCUT2D eigenvalue weighted by atomic mass is 10.1. The van der Waals surface area contributed by atoms with Crippen molar-refractivity contribution in [3.8, 4) is 6.07 Å². The fraction of sp³-hybridized carbons (Fsp3) is 0. The third kappa shape index (κ3) is 1.32. The van der Waals surface area contributed by atoms with Crippen LogP contribution in [0.25, 0.3) is 6.08 Å². The minimum Gasteiger partial charge on any atom is -0.204 e. The van der Waals surface area contributed by atoms with Crippen molar-refractivity contribution < 1.29 is 8.78 Å². The van der Waals surface area contributed by atoms with Crippen molar-refractivity contribution in [3.05, 3.63) is 41.5 Å². The Balaban J connectivity index is 3.41. The zero-order chi connectivity index (χ0) is 9.14. The first-order valence-electron chi connectivity index (χ1n) is 3.20. The van der Waals surface area contributed by atoms with Crippen molar-refractivity contribution in [1.29, 1.82) is 5.26 Å². The molecule has 1 rings (SSSR count). The number of hydrogen-bond donors (Lipinski definition) is 0. The summed E-state index contributed by atoms with van der Waals surface area (Å²) in [5.74, 6) is -2.13. The van der Waals surface area contributed by atoms with Crippen LogP contribution in [0.4, 0.5) is 8.78 Å². The number of rotatable bonds is 1. The SMILES string of the molecule is C=Cc1cc(F)c(F)c(C#N)c1. The molecule has 3 heteroatoms. The molecular formula is C9H5F2N. The summed E-state index contributed by atoms with van der Waals surface area (Å²) in [6, 6.07) is 3.78. The molecule has 0 N–H and O–H groups in total. The molecule has 0 saturated heterocycles. The van der Waals surface area contributed by atoms with Crippen LogP contribution in [0.5, 0.6) is 0 Å². The van der Waals surface area contributed by atoms with Gasteiger partial charge in [-0.2, -0.15) is 5.26 Å². The van der Waals surface area contributed by atoms with Gasteiger partial charge in [-0.05, 0) is 17.7 Å². The van der Waals surface area contributed by atoms with Gasteiger partial charge in [-0.3, -0.25) is 0 Å². The number of nitrogens with zero attached hydrogens (tertiary/aromatic N) is 1. The highest BCUT2D eigenvalue weighted by atomic mass is 19.2. The second-order valence-electron chi connectivity index (χ2n) is 2.18. The largest absolute Gasteiger partial charge is 0.204 e. The zero-order valence-corrected chi connectivity index (χ0v) is 6.14. The van der Waals surface area contributed by atoms with E-state index in [1.165, 1.54) is 12.1 Å². The molecule has 0 heterocycles. The Morgan fingerprint density at radius 3 is 2.58 bits per heavy atom. The Kier molecular flexibility index (Phi) is 2.20. The lowest BCUT2D eigenvalue weighted by molar-refractivity contribution is 0.506. The van der Waals surface area contributed by atoms with Crippen LogP contribution in [-0.2, 0) is 0 Å². The van der Waals surface area contributed by atoms with Crippen LogP contribution >= 0.6 is 0 Å². The maximum absolute atomic E-state index is 12.7. The zero-order valence-electron chi connectivity index (χ0n) is 6.14. The molecule has 0 aliphatic rings. The highest BCUT2D eigenvalue weighted by Gasteiger charge is 2.08. The summed E-state index contributed by atoms with van der Waals surface area (Å²) in [4.78, 5) is 0. The van der Waals surface area contributed by atoms with E-state index in [4.69, 9.17) is 5.26 Å². The van der Waals surface area contributed by atoms with Crippen LogP contribution in [-0.4, -0.2) is 0 Å². The van der Waals surface area contributed by atoms with E-state index in [1.807, 2.05) is 0 Å². The highest BCUT2D eigenvalue weighted by molar-refractivity contribution is 5.51. The van der Waals surface area contributed by atoms with Crippen LogP contribution in [0, 0.1) is 23.0 Å². The minimum atomic E-state index is -1.11. The van der Waals surface area contributed by atoms with Crippen molar-refractivity contribution >= 4 is 6.08 Å². The Labute approximate surface area is 68.6 Å². The van der Waals surface area contributed by atoms with E-state index in [-0.39, 0.29) is 5.56 Å². The van der Waals surface area contributed by atoms with Crippen molar-refractivity contribution in [1.82, 2.24) is 0 Å². The van der Waals surface area contributed by atoms with Gasteiger partial charge >= 0.3 is 0 Å². The van der Waals surface area contributed by atoms with Gasteiger partial charge in [0.15, 0.2) is 11.6 Å². The van der Waals surface area contributed by atoms with Crippen LogP contribution in [0.1, 0.15) is 11.1 Å². The number of nitriles is 1. The summed E-state index contributed by atoms with van der Waals surface area (Å²) >= 11 is 0. The maximum atomic E-state index is 12.7. The van der Waals surface area contributed by atoms with E-state index >= 15 is 0 Å². The second-order valence-corrected chi connectivity index (χ2v) is 2.18. The molecule has 12 heavy (non-hydrogen) atoms. The van der Waals surface area contributed by atoms with Crippen LogP contribution in [0.15, 0.2) is 18.7 Å². The Bertz CT molecular complexity index is 364. The van der Waals surface area contributed by atoms with E-state index in [2.05, 4.69) is 6.58 Å². The van der Waals surface area contributed by atoms with E-state index in [0.29, 0.717) is 5.56 Å². The molecule has 1 aromatic carbocycles. The molecule has 0 aromatic heterocycles. The summed E-state index contributed by atoms with van der Waals surface area (Å²) in [5.41, 5.74) is 0.0929. The molecule has 0 unspecified atom stereocenters. The summed E-state index contributed by atoms with van der Waals surface area (Å²) in [6.07, 6.45) is 1.35. The average Bonchev–Trinajstić information content (AvgIpc) is 2.09. The van der Waals surface area contributed by atoms with E-state index in [0.717, 1.165) is 6.07 Å². The first-order valence-corrected chi connectivity index (χ1v) is 3.20. The van der Waals surface area contributed by atoms with Gasteiger partial charge in [-0.15, -0.1) is 0 Å². The van der Waals surface area contributed by atoms with Gasteiger partial charge in [-0.25, -0.2) is 8.78 Å². The molecular weight excluding hydrogens is 160 g/mol. The molecule has 0 spiro atoms. The molecule has 1 aromatic rings. The Morgan fingerprint density at radius 2 is 2.08 bits per heavy atom. The van der Waals surface area contributed by atoms with Crippen LogP contribution in [0.3, 0.4) is 0 Å². The monoisotopic (exact) mass is 165 g/mol. The molecule has 0 bridgehead atoms. The van der Waals surface area contributed by atoms with E-state index < -0.39 is 11.6 Å². The number of benzene rings is 1. The van der Waals surface area contributed by atoms with Crippen LogP contribution in [0.2, 0.25) is 0 Å². The maximum Gasteiger partial charge on any atom is 0.176 e. The van der Waals surface area contributed by atoms with Crippen molar-refractivity contribution in [2.75, 3.05) is 0 Å². The molecule has 0 radical (unpaired) electrons. The lowest BCUT2D eigenvalue weighted by Crippen LogP contribution is -1.90. The van der Waals surface area contributed by atoms with Gasteiger partial charge in [0, 0.05) is 0 Å². The summed E-state index contributed by atoms with van der Waals surface area (Å²) < 4.78 is 25.3. The summed E-state index contributed by atoms with van der Waals surface area (Å²) in [7, 11) is 0. The highest BCUT2D eigenvalue weighted by Crippen LogP contribution is 2.14. The van der Waals surface area contributed by atoms with Gasteiger partial charge in [0.2, 0.25) is 0 Å². The van der Waals surface area contributed by atoms with E-state index in [1.54, 1.807) is 6.07 Å². The standard InChI is InChI=1S/C9H5F2N/c1-2-6-3-7(5-12)9(11)8(10)4-6/h2-4H,1H2. The Morgan fingerprint density at radius 1 is 1.42 bits per heavy atom. The van der Waals surface area contributed by atoms with Gasteiger partial charge in [0.25, 0.3) is 0 Å². The first kappa shape index (κ1) is 8.41. The minimum absolute atomic E-state index is 0.301. The predicted octanol–water partition coefficient (Wildman–Crippen LogP) is 2.48. The van der Waals surface area contributed by atoms with Crippen molar-refractivity contribution in [3.63, 3.8) is 0 Å². The molecule has 60 valence electrons. The lowest BCUT2D eigenvalue weighted by Gasteiger charge is -1.97. The topological polar surface area (TPSA) is 23.8 Å². The van der Waals surface area contributed by atoms with Crippen molar-refractivity contribution in [2.45, 2.75) is 0 Å². The molecule has 0 amide bonds. The predicted molar refractivity (Wildman–Crippen MR) is 41.2 cm³/mol. The number of halogens is 2. The van der Waals surface area contributed by atoms with Gasteiger partial charge < -0.3 is 0 Å². The third-order valence-corrected chi connectivity index (χ3v) is 1.41. The van der Waals surface area contributed by atoms with Gasteiger partial charge in [0.05, 0.1) is 5.56 Å². The molecule has 0 atom stereocenters. The molecule has 0 saturated carbocycles. The second kappa shape index (κ2) is 3.14. The average molecular weight is 165 g/mol. The van der Waals surface area contributed by atoms with Crippen LogP contribution < -0.4 is 0 Å². The Hall–Kier alpha value is -1.69. The number of hydrogen-bond acceptors (Lipinski definition) is 1. The third-order valence-electron chi connectivity index (χ3n) is 1.41. The molecule has 0 aliphatic heterocycles.